The third-order valence-corrected chi connectivity index (χ3v) is 10.3. The van der Waals surface area contributed by atoms with Gasteiger partial charge in [0, 0.05) is 62.7 Å². The minimum atomic E-state index is -0.579. The molecule has 1 saturated carbocycles. The van der Waals surface area contributed by atoms with Crippen molar-refractivity contribution in [1.82, 2.24) is 34.6 Å². The predicted octanol–water partition coefficient (Wildman–Crippen LogP) is 4.67. The van der Waals surface area contributed by atoms with Crippen LogP contribution in [0.2, 0.25) is 0 Å². The maximum atomic E-state index is 16.9. The first-order chi connectivity index (χ1) is 22.3. The standard InChI is InChI=1S/C35H38FN7O3/c1-41(2)28(45)11-10-27-39-32-34(43(27)33-20-14-26(33)37-16-20)25-17-38-30(24-15-22(44)13-19-7-4-5-9-23(19)24)29(36)31(25)40-35(32)46-18-21-8-6-12-42(21)3/h4-5,7,9,13,15,17,20-21,26,33,37,44H,6,8,10-12,14,16,18H2,1-3H3. The SMILES string of the molecule is CN(C)C(=O)CCc1nc2c(OCC3CCCN3C)nc3c(F)c(-c4cc(O)cc5ccccc45)ncc3c2n1C1C2CNC1C2. The normalized spacial score (nSPS) is 22.6. The zero-order valence-corrected chi connectivity index (χ0v) is 26.3. The summed E-state index contributed by atoms with van der Waals surface area (Å²) >= 11 is 0. The lowest BCUT2D eigenvalue weighted by Crippen LogP contribution is -2.39. The summed E-state index contributed by atoms with van der Waals surface area (Å²) in [6.45, 7) is 2.33. The average Bonchev–Trinajstić information content (AvgIpc) is 3.84. The smallest absolute Gasteiger partial charge is 0.242 e. The summed E-state index contributed by atoms with van der Waals surface area (Å²) in [6, 6.07) is 11.4. The number of benzene rings is 2. The Bertz CT molecular complexity index is 2000. The molecule has 5 aromatic rings. The Balaban J connectivity index is 1.35. The number of aryl methyl sites for hydroxylation is 1. The number of phenolic OH excluding ortho intramolecular Hbond substituents is 1. The van der Waals surface area contributed by atoms with Crippen LogP contribution in [0.25, 0.3) is 44.0 Å². The van der Waals surface area contributed by atoms with Gasteiger partial charge in [0.25, 0.3) is 0 Å². The molecule has 4 aliphatic rings. The van der Waals surface area contributed by atoms with Crippen molar-refractivity contribution in [3.8, 4) is 22.9 Å². The number of ether oxygens (including phenoxy) is 1. The van der Waals surface area contributed by atoms with E-state index in [4.69, 9.17) is 14.7 Å². The van der Waals surface area contributed by atoms with E-state index >= 15 is 4.39 Å². The number of aromatic nitrogens is 4. The molecule has 3 aromatic heterocycles. The van der Waals surface area contributed by atoms with Crippen LogP contribution in [0.4, 0.5) is 4.39 Å². The number of phenols is 1. The Morgan fingerprint density at radius 1 is 1.17 bits per heavy atom. The van der Waals surface area contributed by atoms with Crippen LogP contribution >= 0.6 is 0 Å². The summed E-state index contributed by atoms with van der Waals surface area (Å²) < 4.78 is 25.6. The summed E-state index contributed by atoms with van der Waals surface area (Å²) in [7, 11) is 5.61. The van der Waals surface area contributed by atoms with Gasteiger partial charge in [-0.3, -0.25) is 9.78 Å². The van der Waals surface area contributed by atoms with Gasteiger partial charge < -0.3 is 29.5 Å². The van der Waals surface area contributed by atoms with E-state index in [-0.39, 0.29) is 46.9 Å². The van der Waals surface area contributed by atoms with Gasteiger partial charge in [-0.15, -0.1) is 0 Å². The fourth-order valence-electron chi connectivity index (χ4n) is 7.72. The van der Waals surface area contributed by atoms with Crippen molar-refractivity contribution >= 4 is 38.6 Å². The van der Waals surface area contributed by atoms with E-state index in [2.05, 4.69) is 26.8 Å². The first-order valence-electron chi connectivity index (χ1n) is 16.2. The van der Waals surface area contributed by atoms with Crippen molar-refractivity contribution in [3.05, 3.63) is 54.2 Å². The van der Waals surface area contributed by atoms with Gasteiger partial charge in [-0.1, -0.05) is 24.3 Å². The number of hydrogen-bond donors (Lipinski definition) is 2. The molecule has 10 nitrogen and oxygen atoms in total. The van der Waals surface area contributed by atoms with E-state index in [1.807, 2.05) is 24.3 Å². The number of aromatic hydroxyl groups is 1. The van der Waals surface area contributed by atoms with Gasteiger partial charge in [-0.25, -0.2) is 14.4 Å². The molecular formula is C35H38FN7O3. The first-order valence-corrected chi connectivity index (χ1v) is 16.2. The molecule has 1 aliphatic carbocycles. The van der Waals surface area contributed by atoms with Crippen molar-refractivity contribution < 1.29 is 19.0 Å². The Labute approximate surface area is 266 Å². The maximum Gasteiger partial charge on any atom is 0.242 e. The van der Waals surface area contributed by atoms with Gasteiger partial charge in [-0.05, 0) is 61.7 Å². The number of fused-ring (bicyclic) bond motifs is 5. The van der Waals surface area contributed by atoms with Gasteiger partial charge in [0.1, 0.15) is 29.4 Å². The molecular weight excluding hydrogens is 585 g/mol. The number of likely N-dealkylation sites (N-methyl/N-ethyl adjacent to an activating group) is 1. The lowest BCUT2D eigenvalue weighted by molar-refractivity contribution is -0.128. The zero-order chi connectivity index (χ0) is 31.7. The molecule has 4 atom stereocenters. The number of pyridine rings is 2. The number of carbonyl (C=O) groups is 1. The highest BCUT2D eigenvalue weighted by molar-refractivity contribution is 6.06. The second-order valence-corrected chi connectivity index (χ2v) is 13.3. The highest BCUT2D eigenvalue weighted by Gasteiger charge is 2.49. The van der Waals surface area contributed by atoms with Crippen LogP contribution in [0.5, 0.6) is 11.6 Å². The minimum Gasteiger partial charge on any atom is -0.508 e. The largest absolute Gasteiger partial charge is 0.508 e. The van der Waals surface area contributed by atoms with Crippen LogP contribution in [0.1, 0.15) is 37.5 Å². The molecule has 2 bridgehead atoms. The molecule has 0 spiro atoms. The highest BCUT2D eigenvalue weighted by atomic mass is 19.1. The molecule has 46 heavy (non-hydrogen) atoms. The van der Waals surface area contributed by atoms with E-state index in [1.165, 1.54) is 0 Å². The number of halogens is 1. The number of carbonyl (C=O) groups excluding carboxylic acids is 1. The average molecular weight is 624 g/mol. The van der Waals surface area contributed by atoms with Crippen LogP contribution < -0.4 is 10.1 Å². The van der Waals surface area contributed by atoms with E-state index in [9.17, 15) is 9.90 Å². The molecule has 1 amide bonds. The zero-order valence-electron chi connectivity index (χ0n) is 26.3. The summed E-state index contributed by atoms with van der Waals surface area (Å²) in [5.74, 6) is 0.956. The lowest BCUT2D eigenvalue weighted by atomic mass is 9.79. The molecule has 0 radical (unpaired) electrons. The number of hydrogen-bond acceptors (Lipinski definition) is 8. The topological polar surface area (TPSA) is 109 Å². The first kappa shape index (κ1) is 29.1. The van der Waals surface area contributed by atoms with Crippen LogP contribution in [-0.2, 0) is 11.2 Å². The number of nitrogens with one attached hydrogen (secondary N) is 1. The van der Waals surface area contributed by atoms with Crippen molar-refractivity contribution in [1.29, 1.82) is 0 Å². The van der Waals surface area contributed by atoms with Gasteiger partial charge in [-0.2, -0.15) is 0 Å². The van der Waals surface area contributed by atoms with Crippen molar-refractivity contribution in [2.24, 2.45) is 5.92 Å². The van der Waals surface area contributed by atoms with E-state index in [1.54, 1.807) is 37.3 Å². The number of rotatable bonds is 8. The van der Waals surface area contributed by atoms with Crippen LogP contribution in [0, 0.1) is 11.7 Å². The lowest BCUT2D eigenvalue weighted by Gasteiger charge is -2.37. The monoisotopic (exact) mass is 623 g/mol. The quantitative estimate of drug-likeness (QED) is 0.257. The highest BCUT2D eigenvalue weighted by Crippen LogP contribution is 2.48. The molecule has 4 fully saturated rings. The van der Waals surface area contributed by atoms with E-state index in [0.29, 0.717) is 41.8 Å². The number of imidazole rings is 1. The van der Waals surface area contributed by atoms with Crippen LogP contribution in [0.3, 0.4) is 0 Å². The summed E-state index contributed by atoms with van der Waals surface area (Å²) in [6.07, 6.45) is 5.62. The second-order valence-electron chi connectivity index (χ2n) is 13.3. The Morgan fingerprint density at radius 2 is 2.02 bits per heavy atom. The van der Waals surface area contributed by atoms with Gasteiger partial charge in [0.15, 0.2) is 11.3 Å². The fourth-order valence-corrected chi connectivity index (χ4v) is 7.72. The molecule has 3 aliphatic heterocycles. The predicted molar refractivity (Wildman–Crippen MR) is 174 cm³/mol. The summed E-state index contributed by atoms with van der Waals surface area (Å²) in [5.41, 5.74) is 2.07. The Hall–Kier alpha value is -4.35. The Kier molecular flexibility index (Phi) is 7.06. The molecule has 3 saturated heterocycles. The molecule has 11 heteroatoms. The number of likely N-dealkylation sites (tertiary alicyclic amines) is 1. The molecule has 6 heterocycles. The van der Waals surface area contributed by atoms with E-state index in [0.717, 1.165) is 54.5 Å². The third kappa shape index (κ3) is 4.67. The molecule has 2 N–H and O–H groups in total. The molecule has 4 unspecified atom stereocenters. The summed E-state index contributed by atoms with van der Waals surface area (Å²) in [5, 5.41) is 16.3. The maximum absolute atomic E-state index is 16.9. The minimum absolute atomic E-state index is 0.0210. The van der Waals surface area contributed by atoms with E-state index < -0.39 is 5.82 Å². The number of nitrogens with zero attached hydrogens (tertiary/aromatic N) is 6. The van der Waals surface area contributed by atoms with Crippen LogP contribution in [0.15, 0.2) is 42.6 Å². The number of amides is 1. The molecule has 2 aromatic carbocycles. The van der Waals surface area contributed by atoms with Gasteiger partial charge in [0.2, 0.25) is 11.8 Å². The Morgan fingerprint density at radius 3 is 2.76 bits per heavy atom. The van der Waals surface area contributed by atoms with Crippen LogP contribution in [-0.4, -0.2) is 93.3 Å². The van der Waals surface area contributed by atoms with Crippen molar-refractivity contribution in [2.75, 3.05) is 40.8 Å². The second kappa shape index (κ2) is 11.2. The van der Waals surface area contributed by atoms with Crippen molar-refractivity contribution in [2.45, 2.75) is 50.2 Å². The molecule has 9 rings (SSSR count). The van der Waals surface area contributed by atoms with Gasteiger partial charge in [0.05, 0.1) is 11.6 Å². The third-order valence-electron chi connectivity index (χ3n) is 10.3. The molecule has 238 valence electrons. The van der Waals surface area contributed by atoms with Crippen molar-refractivity contribution in [3.63, 3.8) is 0 Å². The summed E-state index contributed by atoms with van der Waals surface area (Å²) in [4.78, 5) is 31.2. The van der Waals surface area contributed by atoms with Gasteiger partial charge >= 0.3 is 0 Å². The fraction of sp³-hybridized carbons (Fsp3) is 0.429.